The molecule has 0 heterocycles. The molecule has 23 heavy (non-hydrogen) atoms. The smallest absolute Gasteiger partial charge is 0.0205 e. The van der Waals surface area contributed by atoms with E-state index in [1.54, 1.807) is 0 Å². The number of hydrogen-bond acceptors (Lipinski definition) is 0. The lowest BCUT2D eigenvalue weighted by atomic mass is 9.67. The third kappa shape index (κ3) is 4.64. The topological polar surface area (TPSA) is 0 Å². The SMILES string of the molecule is CCCC1CCC(C2C=CC(C3CCC(CC)CC3)CC2)CC1. The Labute approximate surface area is 145 Å². The molecule has 132 valence electrons. The predicted molar refractivity (Wildman–Crippen MR) is 101 cm³/mol. The van der Waals surface area contributed by atoms with Crippen LogP contribution in [-0.4, -0.2) is 0 Å². The third-order valence-corrected chi connectivity index (χ3v) is 7.71. The van der Waals surface area contributed by atoms with Crippen molar-refractivity contribution in [2.45, 2.75) is 97.3 Å². The Morgan fingerprint density at radius 2 is 1.09 bits per heavy atom. The first-order valence-electron chi connectivity index (χ1n) is 11.0. The molecule has 0 saturated heterocycles. The third-order valence-electron chi connectivity index (χ3n) is 7.71. The zero-order valence-electron chi connectivity index (χ0n) is 15.8. The number of allylic oxidation sites excluding steroid dienone is 2. The molecule has 0 bridgehead atoms. The molecule has 0 spiro atoms. The van der Waals surface area contributed by atoms with Crippen molar-refractivity contribution in [3.05, 3.63) is 12.2 Å². The van der Waals surface area contributed by atoms with Crippen molar-refractivity contribution in [1.82, 2.24) is 0 Å². The zero-order valence-corrected chi connectivity index (χ0v) is 15.8. The van der Waals surface area contributed by atoms with Crippen molar-refractivity contribution in [3.63, 3.8) is 0 Å². The van der Waals surface area contributed by atoms with Crippen LogP contribution in [0.2, 0.25) is 0 Å². The fourth-order valence-electron chi connectivity index (χ4n) is 5.99. The van der Waals surface area contributed by atoms with Gasteiger partial charge in [0.1, 0.15) is 0 Å². The van der Waals surface area contributed by atoms with E-state index in [-0.39, 0.29) is 0 Å². The van der Waals surface area contributed by atoms with E-state index in [0.717, 1.165) is 35.5 Å². The summed E-state index contributed by atoms with van der Waals surface area (Å²) in [7, 11) is 0. The van der Waals surface area contributed by atoms with Gasteiger partial charge >= 0.3 is 0 Å². The van der Waals surface area contributed by atoms with Gasteiger partial charge in [0.15, 0.2) is 0 Å². The Morgan fingerprint density at radius 3 is 1.48 bits per heavy atom. The van der Waals surface area contributed by atoms with Crippen molar-refractivity contribution in [2.24, 2.45) is 35.5 Å². The Bertz CT molecular complexity index is 352. The molecule has 3 aliphatic rings. The molecule has 3 aliphatic carbocycles. The lowest BCUT2D eigenvalue weighted by Crippen LogP contribution is -2.26. The minimum atomic E-state index is 0.931. The van der Waals surface area contributed by atoms with Crippen LogP contribution in [0, 0.1) is 35.5 Å². The van der Waals surface area contributed by atoms with Crippen LogP contribution in [0.1, 0.15) is 97.3 Å². The molecule has 2 atom stereocenters. The molecule has 3 rings (SSSR count). The highest BCUT2D eigenvalue weighted by atomic mass is 14.4. The van der Waals surface area contributed by atoms with E-state index < -0.39 is 0 Å². The molecule has 0 aromatic heterocycles. The Kier molecular flexibility index (Phi) is 6.66. The molecule has 0 heteroatoms. The molecular weight excluding hydrogens is 276 g/mol. The summed E-state index contributed by atoms with van der Waals surface area (Å²) in [5.74, 6) is 6.02. The molecule has 0 radical (unpaired) electrons. The summed E-state index contributed by atoms with van der Waals surface area (Å²) in [4.78, 5) is 0. The van der Waals surface area contributed by atoms with Crippen LogP contribution in [0.4, 0.5) is 0 Å². The highest BCUT2D eigenvalue weighted by molar-refractivity contribution is 5.03. The molecule has 2 unspecified atom stereocenters. The van der Waals surface area contributed by atoms with E-state index in [1.807, 2.05) is 0 Å². The second-order valence-corrected chi connectivity index (χ2v) is 9.05. The minimum absolute atomic E-state index is 0.931. The van der Waals surface area contributed by atoms with Crippen LogP contribution < -0.4 is 0 Å². The second-order valence-electron chi connectivity index (χ2n) is 9.05. The summed E-state index contributed by atoms with van der Waals surface area (Å²) in [6.07, 6.45) is 24.8. The number of hydrogen-bond donors (Lipinski definition) is 0. The van der Waals surface area contributed by atoms with Crippen molar-refractivity contribution in [2.75, 3.05) is 0 Å². The van der Waals surface area contributed by atoms with E-state index >= 15 is 0 Å². The van der Waals surface area contributed by atoms with Gasteiger partial charge in [0.05, 0.1) is 0 Å². The van der Waals surface area contributed by atoms with Crippen LogP contribution in [0.3, 0.4) is 0 Å². The largest absolute Gasteiger partial charge is 0.0849 e. The maximum atomic E-state index is 2.67. The van der Waals surface area contributed by atoms with Gasteiger partial charge in [0.2, 0.25) is 0 Å². The molecule has 0 aromatic rings. The molecule has 0 aromatic carbocycles. The summed E-state index contributed by atoms with van der Waals surface area (Å²) in [5, 5.41) is 0. The van der Waals surface area contributed by atoms with Crippen LogP contribution in [0.15, 0.2) is 12.2 Å². The highest BCUT2D eigenvalue weighted by Gasteiger charge is 2.31. The first-order chi connectivity index (χ1) is 11.3. The Balaban J connectivity index is 1.44. The lowest BCUT2D eigenvalue weighted by Gasteiger charge is -2.38. The van der Waals surface area contributed by atoms with Crippen molar-refractivity contribution in [3.8, 4) is 0 Å². The monoisotopic (exact) mass is 316 g/mol. The molecule has 0 nitrogen and oxygen atoms in total. The maximum Gasteiger partial charge on any atom is -0.0205 e. The van der Waals surface area contributed by atoms with E-state index in [2.05, 4.69) is 26.0 Å². The van der Waals surface area contributed by atoms with Crippen LogP contribution in [-0.2, 0) is 0 Å². The van der Waals surface area contributed by atoms with Gasteiger partial charge in [-0.1, -0.05) is 70.9 Å². The van der Waals surface area contributed by atoms with E-state index in [4.69, 9.17) is 0 Å². The van der Waals surface area contributed by atoms with Crippen LogP contribution >= 0.6 is 0 Å². The predicted octanol–water partition coefficient (Wildman–Crippen LogP) is 7.39. The summed E-state index contributed by atoms with van der Waals surface area (Å²) in [6.45, 7) is 4.73. The van der Waals surface area contributed by atoms with Gasteiger partial charge in [-0.05, 0) is 74.0 Å². The normalized spacial score (nSPS) is 41.8. The first-order valence-corrected chi connectivity index (χ1v) is 11.0. The van der Waals surface area contributed by atoms with Crippen LogP contribution in [0.5, 0.6) is 0 Å². The van der Waals surface area contributed by atoms with Gasteiger partial charge in [-0.15, -0.1) is 0 Å². The van der Waals surface area contributed by atoms with Crippen molar-refractivity contribution < 1.29 is 0 Å². The minimum Gasteiger partial charge on any atom is -0.0849 e. The molecule has 2 fully saturated rings. The Hall–Kier alpha value is -0.260. The molecular formula is C23H40. The van der Waals surface area contributed by atoms with Crippen molar-refractivity contribution >= 4 is 0 Å². The van der Waals surface area contributed by atoms with Gasteiger partial charge in [-0.2, -0.15) is 0 Å². The average molecular weight is 317 g/mol. The summed E-state index contributed by atoms with van der Waals surface area (Å²) in [5.41, 5.74) is 0. The van der Waals surface area contributed by atoms with E-state index in [9.17, 15) is 0 Å². The standard InChI is InChI=1S/C23H40/c1-3-5-19-8-12-21(13-9-19)23-16-14-22(15-17-23)20-10-6-18(4-2)7-11-20/h14,16,18-23H,3-13,15,17H2,1-2H3. The van der Waals surface area contributed by atoms with Crippen molar-refractivity contribution in [1.29, 1.82) is 0 Å². The van der Waals surface area contributed by atoms with Gasteiger partial charge < -0.3 is 0 Å². The van der Waals surface area contributed by atoms with Gasteiger partial charge in [-0.25, -0.2) is 0 Å². The first kappa shape index (κ1) is 17.6. The summed E-state index contributed by atoms with van der Waals surface area (Å²) < 4.78 is 0. The Morgan fingerprint density at radius 1 is 0.609 bits per heavy atom. The summed E-state index contributed by atoms with van der Waals surface area (Å²) >= 11 is 0. The second kappa shape index (κ2) is 8.72. The zero-order chi connectivity index (χ0) is 16.1. The molecule has 0 amide bonds. The lowest BCUT2D eigenvalue weighted by molar-refractivity contribution is 0.178. The fraction of sp³-hybridized carbons (Fsp3) is 0.913. The van der Waals surface area contributed by atoms with E-state index in [1.165, 1.54) is 83.5 Å². The van der Waals surface area contributed by atoms with Gasteiger partial charge in [0.25, 0.3) is 0 Å². The number of rotatable bonds is 5. The van der Waals surface area contributed by atoms with Crippen LogP contribution in [0.25, 0.3) is 0 Å². The van der Waals surface area contributed by atoms with Gasteiger partial charge in [0, 0.05) is 0 Å². The molecule has 0 N–H and O–H groups in total. The fourth-order valence-corrected chi connectivity index (χ4v) is 5.99. The average Bonchev–Trinajstić information content (AvgIpc) is 2.63. The highest BCUT2D eigenvalue weighted by Crippen LogP contribution is 2.43. The summed E-state index contributed by atoms with van der Waals surface area (Å²) in [6, 6.07) is 0. The maximum absolute atomic E-state index is 2.67. The van der Waals surface area contributed by atoms with E-state index in [0.29, 0.717) is 0 Å². The molecule has 2 saturated carbocycles. The quantitative estimate of drug-likeness (QED) is 0.464. The molecule has 0 aliphatic heterocycles. The van der Waals surface area contributed by atoms with Gasteiger partial charge in [-0.3, -0.25) is 0 Å².